The predicted molar refractivity (Wildman–Crippen MR) is 129 cm³/mol. The molecule has 0 aliphatic heterocycles. The second-order valence-corrected chi connectivity index (χ2v) is 8.85. The monoisotopic (exact) mass is 430 g/mol. The zero-order chi connectivity index (χ0) is 23.3. The van der Waals surface area contributed by atoms with Gasteiger partial charge in [0.15, 0.2) is 0 Å². The minimum Gasteiger partial charge on any atom is -0.333 e. The molecule has 166 valence electrons. The van der Waals surface area contributed by atoms with Crippen LogP contribution in [0.25, 0.3) is 11.8 Å². The van der Waals surface area contributed by atoms with Gasteiger partial charge in [-0.15, -0.1) is 0 Å². The maximum Gasteiger partial charge on any atom is 0.246 e. The first-order chi connectivity index (χ1) is 15.1. The van der Waals surface area contributed by atoms with E-state index in [0.717, 1.165) is 22.5 Å². The molecule has 0 unspecified atom stereocenters. The highest BCUT2D eigenvalue weighted by Crippen LogP contribution is 2.27. The Labute approximate surface area is 189 Å². The Morgan fingerprint density at radius 1 is 1.06 bits per heavy atom. The average molecular weight is 431 g/mol. The fourth-order valence-corrected chi connectivity index (χ4v) is 3.16. The largest absolute Gasteiger partial charge is 0.333 e. The van der Waals surface area contributed by atoms with Crippen LogP contribution >= 0.6 is 0 Å². The number of likely N-dealkylation sites (N-methyl/N-ethyl adjacent to an activating group) is 1. The number of aryl methyl sites for hydroxylation is 1. The topological polar surface area (TPSA) is 67.2 Å². The van der Waals surface area contributed by atoms with Crippen molar-refractivity contribution in [2.24, 2.45) is 0 Å². The Balaban J connectivity index is 1.75. The van der Waals surface area contributed by atoms with Crippen molar-refractivity contribution < 1.29 is 9.59 Å². The molecule has 0 spiro atoms. The van der Waals surface area contributed by atoms with Crippen molar-refractivity contribution in [1.29, 1.82) is 0 Å². The van der Waals surface area contributed by atoms with Crippen LogP contribution < -0.4 is 5.32 Å². The number of carbonyl (C=O) groups excluding carboxylic acids is 2. The minimum absolute atomic E-state index is 0.0677. The van der Waals surface area contributed by atoms with Gasteiger partial charge in [-0.25, -0.2) is 4.68 Å². The fraction of sp³-hybridized carbons (Fsp3) is 0.269. The third-order valence-corrected chi connectivity index (χ3v) is 5.06. The van der Waals surface area contributed by atoms with E-state index in [4.69, 9.17) is 5.10 Å². The van der Waals surface area contributed by atoms with Gasteiger partial charge in [0.1, 0.15) is 5.82 Å². The molecule has 0 aliphatic carbocycles. The standard InChI is InChI=1S/C26H30N4O2/c1-19-11-9-10-14-21(19)30-23(17-22(28-30)26(2,3)4)27-24(31)18-29(5)25(32)16-15-20-12-7-6-8-13-20/h6-17H,18H2,1-5H3,(H,27,31). The maximum absolute atomic E-state index is 12.8. The maximum atomic E-state index is 12.8. The van der Waals surface area contributed by atoms with Gasteiger partial charge in [0.2, 0.25) is 11.8 Å². The number of hydrogen-bond acceptors (Lipinski definition) is 3. The van der Waals surface area contributed by atoms with Crippen LogP contribution in [0.2, 0.25) is 0 Å². The highest BCUT2D eigenvalue weighted by molar-refractivity contribution is 5.97. The van der Waals surface area contributed by atoms with E-state index in [1.807, 2.05) is 67.6 Å². The van der Waals surface area contributed by atoms with Gasteiger partial charge in [-0.1, -0.05) is 69.3 Å². The molecular formula is C26H30N4O2. The number of amides is 2. The first-order valence-electron chi connectivity index (χ1n) is 10.6. The Morgan fingerprint density at radius 2 is 1.72 bits per heavy atom. The van der Waals surface area contributed by atoms with Crippen molar-refractivity contribution in [2.45, 2.75) is 33.1 Å². The Hall–Kier alpha value is -3.67. The second kappa shape index (κ2) is 9.64. The lowest BCUT2D eigenvalue weighted by atomic mass is 9.92. The number of nitrogens with one attached hydrogen (secondary N) is 1. The van der Waals surface area contributed by atoms with E-state index in [2.05, 4.69) is 26.1 Å². The van der Waals surface area contributed by atoms with Crippen LogP contribution in [0.15, 0.2) is 66.7 Å². The highest BCUT2D eigenvalue weighted by Gasteiger charge is 2.22. The number of para-hydroxylation sites is 1. The molecule has 1 aromatic heterocycles. The van der Waals surface area contributed by atoms with E-state index in [1.165, 1.54) is 11.0 Å². The molecule has 3 rings (SSSR count). The van der Waals surface area contributed by atoms with Gasteiger partial charge < -0.3 is 10.2 Å². The number of rotatable bonds is 6. The first-order valence-corrected chi connectivity index (χ1v) is 10.6. The summed E-state index contributed by atoms with van der Waals surface area (Å²) in [5, 5.41) is 7.68. The van der Waals surface area contributed by atoms with Crippen LogP contribution in [0.4, 0.5) is 5.82 Å². The van der Waals surface area contributed by atoms with Crippen molar-refractivity contribution in [2.75, 3.05) is 18.9 Å². The molecule has 6 heteroatoms. The smallest absolute Gasteiger partial charge is 0.246 e. The molecular weight excluding hydrogens is 400 g/mol. The SMILES string of the molecule is Cc1ccccc1-n1nc(C(C)(C)C)cc1NC(=O)CN(C)C(=O)C=Cc1ccccc1. The van der Waals surface area contributed by atoms with Gasteiger partial charge in [-0.2, -0.15) is 5.10 Å². The second-order valence-electron chi connectivity index (χ2n) is 8.85. The quantitative estimate of drug-likeness (QED) is 0.582. The highest BCUT2D eigenvalue weighted by atomic mass is 16.2. The van der Waals surface area contributed by atoms with Crippen LogP contribution in [-0.2, 0) is 15.0 Å². The van der Waals surface area contributed by atoms with Crippen molar-refractivity contribution in [3.8, 4) is 5.69 Å². The third-order valence-electron chi connectivity index (χ3n) is 5.06. The van der Waals surface area contributed by atoms with Crippen LogP contribution in [0.1, 0.15) is 37.6 Å². The van der Waals surface area contributed by atoms with Gasteiger partial charge in [-0.3, -0.25) is 9.59 Å². The fourth-order valence-electron chi connectivity index (χ4n) is 3.16. The molecule has 2 amide bonds. The van der Waals surface area contributed by atoms with Gasteiger partial charge in [0, 0.05) is 24.6 Å². The molecule has 1 heterocycles. The van der Waals surface area contributed by atoms with Crippen molar-refractivity contribution in [1.82, 2.24) is 14.7 Å². The molecule has 2 aromatic carbocycles. The van der Waals surface area contributed by atoms with Crippen LogP contribution in [0.3, 0.4) is 0 Å². The number of carbonyl (C=O) groups is 2. The number of nitrogens with zero attached hydrogens (tertiary/aromatic N) is 3. The molecule has 32 heavy (non-hydrogen) atoms. The molecule has 0 atom stereocenters. The molecule has 0 saturated heterocycles. The van der Waals surface area contributed by atoms with E-state index in [-0.39, 0.29) is 23.8 Å². The molecule has 1 N–H and O–H groups in total. The molecule has 0 aliphatic rings. The molecule has 0 radical (unpaired) electrons. The summed E-state index contributed by atoms with van der Waals surface area (Å²) in [4.78, 5) is 26.6. The van der Waals surface area contributed by atoms with Gasteiger partial charge >= 0.3 is 0 Å². The summed E-state index contributed by atoms with van der Waals surface area (Å²) in [5.74, 6) is 0.0471. The van der Waals surface area contributed by atoms with Crippen LogP contribution in [0.5, 0.6) is 0 Å². The third kappa shape index (κ3) is 5.72. The molecule has 0 saturated carbocycles. The number of benzene rings is 2. The lowest BCUT2D eigenvalue weighted by Gasteiger charge is -2.16. The number of anilines is 1. The van der Waals surface area contributed by atoms with Gasteiger partial charge in [0.05, 0.1) is 17.9 Å². The summed E-state index contributed by atoms with van der Waals surface area (Å²) in [5.41, 5.74) is 3.56. The minimum atomic E-state index is -0.288. The van der Waals surface area contributed by atoms with Crippen molar-refractivity contribution in [3.63, 3.8) is 0 Å². The zero-order valence-electron chi connectivity index (χ0n) is 19.3. The van der Waals surface area contributed by atoms with Crippen LogP contribution in [-0.4, -0.2) is 40.1 Å². The Morgan fingerprint density at radius 3 is 2.38 bits per heavy atom. The normalized spacial score (nSPS) is 11.5. The first kappa shape index (κ1) is 23.0. The molecule has 0 fully saturated rings. The van der Waals surface area contributed by atoms with E-state index >= 15 is 0 Å². The lowest BCUT2D eigenvalue weighted by Crippen LogP contribution is -2.34. The summed E-state index contributed by atoms with van der Waals surface area (Å²) in [6.45, 7) is 8.17. The molecule has 6 nitrogen and oxygen atoms in total. The molecule has 3 aromatic rings. The molecule has 0 bridgehead atoms. The van der Waals surface area contributed by atoms with E-state index in [1.54, 1.807) is 17.8 Å². The Kier molecular flexibility index (Phi) is 6.93. The summed E-state index contributed by atoms with van der Waals surface area (Å²) in [6, 6.07) is 19.3. The van der Waals surface area contributed by atoms with E-state index in [0.29, 0.717) is 5.82 Å². The summed E-state index contributed by atoms with van der Waals surface area (Å²) in [6.07, 6.45) is 3.21. The Bertz CT molecular complexity index is 1120. The summed E-state index contributed by atoms with van der Waals surface area (Å²) < 4.78 is 1.75. The van der Waals surface area contributed by atoms with Crippen LogP contribution in [0, 0.1) is 6.92 Å². The summed E-state index contributed by atoms with van der Waals surface area (Å²) in [7, 11) is 1.61. The zero-order valence-corrected chi connectivity index (χ0v) is 19.3. The van der Waals surface area contributed by atoms with Gasteiger partial charge in [-0.05, 0) is 30.2 Å². The summed E-state index contributed by atoms with van der Waals surface area (Å²) >= 11 is 0. The predicted octanol–water partition coefficient (Wildman–Crippen LogP) is 4.59. The van der Waals surface area contributed by atoms with Crippen molar-refractivity contribution >= 4 is 23.7 Å². The van der Waals surface area contributed by atoms with Gasteiger partial charge in [0.25, 0.3) is 0 Å². The van der Waals surface area contributed by atoms with Crippen molar-refractivity contribution in [3.05, 3.63) is 83.6 Å². The number of hydrogen-bond donors (Lipinski definition) is 1. The number of aromatic nitrogens is 2. The van der Waals surface area contributed by atoms with E-state index < -0.39 is 0 Å². The van der Waals surface area contributed by atoms with E-state index in [9.17, 15) is 9.59 Å². The lowest BCUT2D eigenvalue weighted by molar-refractivity contribution is -0.129. The average Bonchev–Trinajstić information content (AvgIpc) is 3.17.